The Kier molecular flexibility index (Phi) is 4.99. The molecule has 0 spiro atoms. The molecule has 4 heteroatoms. The highest BCUT2D eigenvalue weighted by molar-refractivity contribution is 9.10. The van der Waals surface area contributed by atoms with Crippen LogP contribution in [0.4, 0.5) is 0 Å². The Morgan fingerprint density at radius 2 is 2.37 bits per heavy atom. The van der Waals surface area contributed by atoms with Gasteiger partial charge in [-0.25, -0.2) is 0 Å². The monoisotopic (exact) mass is 325 g/mol. The van der Waals surface area contributed by atoms with E-state index < -0.39 is 0 Å². The molecule has 2 rings (SSSR count). The lowest BCUT2D eigenvalue weighted by Crippen LogP contribution is -2.36. The number of benzene rings is 1. The standard InChI is InChI=1S/C15H20BrNO2/c1-3-14-13(7-8-19-14)15(18)17-10(2)11-5-4-6-12(16)9-11/h4-6,9-10,13-14H,3,7-8H2,1-2H3,(H,17,18). The maximum atomic E-state index is 12.3. The van der Waals surface area contributed by atoms with Crippen LogP contribution in [-0.2, 0) is 9.53 Å². The second-order valence-electron chi connectivity index (χ2n) is 5.00. The van der Waals surface area contributed by atoms with Crippen LogP contribution < -0.4 is 5.32 Å². The SMILES string of the molecule is CCC1OCCC1C(=O)NC(C)c1cccc(Br)c1. The summed E-state index contributed by atoms with van der Waals surface area (Å²) in [5.74, 6) is 0.108. The van der Waals surface area contributed by atoms with Crippen LogP contribution in [0.25, 0.3) is 0 Å². The highest BCUT2D eigenvalue weighted by atomic mass is 79.9. The molecule has 0 aromatic heterocycles. The van der Waals surface area contributed by atoms with Gasteiger partial charge in [-0.2, -0.15) is 0 Å². The first-order valence-corrected chi connectivity index (χ1v) is 7.58. The third-order valence-electron chi connectivity index (χ3n) is 3.66. The van der Waals surface area contributed by atoms with Crippen molar-refractivity contribution < 1.29 is 9.53 Å². The third kappa shape index (κ3) is 3.57. The Morgan fingerprint density at radius 1 is 1.58 bits per heavy atom. The number of carbonyl (C=O) groups is 1. The molecular formula is C15H20BrNO2. The van der Waals surface area contributed by atoms with E-state index in [1.54, 1.807) is 0 Å². The van der Waals surface area contributed by atoms with Crippen LogP contribution in [0, 0.1) is 5.92 Å². The molecular weight excluding hydrogens is 306 g/mol. The molecule has 1 aromatic rings. The lowest BCUT2D eigenvalue weighted by Gasteiger charge is -2.20. The lowest BCUT2D eigenvalue weighted by atomic mass is 9.97. The number of amides is 1. The summed E-state index contributed by atoms with van der Waals surface area (Å²) < 4.78 is 6.60. The van der Waals surface area contributed by atoms with E-state index in [4.69, 9.17) is 4.74 Å². The van der Waals surface area contributed by atoms with Gasteiger partial charge in [0.15, 0.2) is 0 Å². The summed E-state index contributed by atoms with van der Waals surface area (Å²) in [5, 5.41) is 3.09. The molecule has 3 atom stereocenters. The Balaban J connectivity index is 1.98. The normalized spacial score (nSPS) is 24.2. The maximum Gasteiger partial charge on any atom is 0.226 e. The topological polar surface area (TPSA) is 38.3 Å². The Morgan fingerprint density at radius 3 is 3.05 bits per heavy atom. The van der Waals surface area contributed by atoms with Crippen molar-refractivity contribution in [2.45, 2.75) is 38.8 Å². The molecule has 1 aliphatic heterocycles. The van der Waals surface area contributed by atoms with Crippen LogP contribution in [0.3, 0.4) is 0 Å². The minimum Gasteiger partial charge on any atom is -0.377 e. The van der Waals surface area contributed by atoms with E-state index in [1.807, 2.05) is 31.2 Å². The van der Waals surface area contributed by atoms with Gasteiger partial charge in [-0.1, -0.05) is 35.0 Å². The van der Waals surface area contributed by atoms with Crippen molar-refractivity contribution in [3.63, 3.8) is 0 Å². The highest BCUT2D eigenvalue weighted by Gasteiger charge is 2.33. The van der Waals surface area contributed by atoms with Crippen molar-refractivity contribution in [3.8, 4) is 0 Å². The summed E-state index contributed by atoms with van der Waals surface area (Å²) in [6.45, 7) is 4.77. The van der Waals surface area contributed by atoms with Gasteiger partial charge in [0, 0.05) is 11.1 Å². The lowest BCUT2D eigenvalue weighted by molar-refractivity contribution is -0.127. The van der Waals surface area contributed by atoms with Gasteiger partial charge in [0.2, 0.25) is 5.91 Å². The van der Waals surface area contributed by atoms with E-state index in [9.17, 15) is 4.79 Å². The predicted molar refractivity (Wildman–Crippen MR) is 78.8 cm³/mol. The molecule has 1 N–H and O–H groups in total. The second-order valence-corrected chi connectivity index (χ2v) is 5.91. The minimum atomic E-state index is -0.000368. The number of hydrogen-bond donors (Lipinski definition) is 1. The smallest absolute Gasteiger partial charge is 0.226 e. The van der Waals surface area contributed by atoms with Gasteiger partial charge in [-0.15, -0.1) is 0 Å². The van der Waals surface area contributed by atoms with Crippen LogP contribution in [-0.4, -0.2) is 18.6 Å². The van der Waals surface area contributed by atoms with E-state index in [2.05, 4.69) is 28.2 Å². The zero-order valence-corrected chi connectivity index (χ0v) is 12.9. The van der Waals surface area contributed by atoms with Crippen LogP contribution in [0.2, 0.25) is 0 Å². The summed E-state index contributed by atoms with van der Waals surface area (Å²) in [6, 6.07) is 8.04. The number of rotatable bonds is 4. The van der Waals surface area contributed by atoms with Crippen LogP contribution >= 0.6 is 15.9 Å². The van der Waals surface area contributed by atoms with Gasteiger partial charge in [0.05, 0.1) is 18.1 Å². The summed E-state index contributed by atoms with van der Waals surface area (Å²) in [6.07, 6.45) is 1.80. The van der Waals surface area contributed by atoms with Crippen molar-refractivity contribution in [1.29, 1.82) is 0 Å². The summed E-state index contributed by atoms with van der Waals surface area (Å²) in [4.78, 5) is 12.3. The van der Waals surface area contributed by atoms with E-state index in [0.717, 1.165) is 22.9 Å². The molecule has 1 saturated heterocycles. The zero-order valence-electron chi connectivity index (χ0n) is 11.4. The fourth-order valence-corrected chi connectivity index (χ4v) is 2.95. The number of halogens is 1. The Hall–Kier alpha value is -0.870. The van der Waals surface area contributed by atoms with Crippen LogP contribution in [0.1, 0.15) is 38.3 Å². The first-order valence-electron chi connectivity index (χ1n) is 6.79. The van der Waals surface area contributed by atoms with Crippen molar-refractivity contribution in [2.24, 2.45) is 5.92 Å². The molecule has 1 amide bonds. The van der Waals surface area contributed by atoms with Crippen LogP contribution in [0.5, 0.6) is 0 Å². The van der Waals surface area contributed by atoms with Gasteiger partial charge in [0.1, 0.15) is 0 Å². The van der Waals surface area contributed by atoms with E-state index in [0.29, 0.717) is 6.61 Å². The van der Waals surface area contributed by atoms with Crippen LogP contribution in [0.15, 0.2) is 28.7 Å². The van der Waals surface area contributed by atoms with E-state index >= 15 is 0 Å². The molecule has 1 aliphatic rings. The van der Waals surface area contributed by atoms with Crippen molar-refractivity contribution >= 4 is 21.8 Å². The fraction of sp³-hybridized carbons (Fsp3) is 0.533. The molecule has 0 saturated carbocycles. The van der Waals surface area contributed by atoms with Crippen molar-refractivity contribution in [2.75, 3.05) is 6.61 Å². The maximum absolute atomic E-state index is 12.3. The summed E-state index contributed by atoms with van der Waals surface area (Å²) >= 11 is 3.45. The molecule has 0 aliphatic carbocycles. The molecule has 0 bridgehead atoms. The molecule has 3 unspecified atom stereocenters. The quantitative estimate of drug-likeness (QED) is 0.920. The number of nitrogens with one attached hydrogen (secondary N) is 1. The first-order chi connectivity index (χ1) is 9.11. The molecule has 1 aromatic carbocycles. The number of hydrogen-bond acceptors (Lipinski definition) is 2. The predicted octanol–water partition coefficient (Wildman–Crippen LogP) is 3.44. The summed E-state index contributed by atoms with van der Waals surface area (Å²) in [7, 11) is 0. The fourth-order valence-electron chi connectivity index (χ4n) is 2.53. The number of ether oxygens (including phenoxy) is 1. The minimum absolute atomic E-state index is 0.000368. The Labute approximate surface area is 122 Å². The average Bonchev–Trinajstić information content (AvgIpc) is 2.87. The van der Waals surface area contributed by atoms with Gasteiger partial charge in [0.25, 0.3) is 0 Å². The molecule has 1 fully saturated rings. The Bertz CT molecular complexity index is 450. The van der Waals surface area contributed by atoms with Crippen molar-refractivity contribution in [3.05, 3.63) is 34.3 Å². The van der Waals surface area contributed by atoms with Gasteiger partial charge < -0.3 is 10.1 Å². The summed E-state index contributed by atoms with van der Waals surface area (Å²) in [5.41, 5.74) is 1.11. The molecule has 3 nitrogen and oxygen atoms in total. The molecule has 1 heterocycles. The van der Waals surface area contributed by atoms with E-state index in [-0.39, 0.29) is 24.0 Å². The van der Waals surface area contributed by atoms with Gasteiger partial charge >= 0.3 is 0 Å². The molecule has 19 heavy (non-hydrogen) atoms. The van der Waals surface area contributed by atoms with E-state index in [1.165, 1.54) is 0 Å². The number of carbonyl (C=O) groups excluding carboxylic acids is 1. The highest BCUT2D eigenvalue weighted by Crippen LogP contribution is 2.25. The first kappa shape index (κ1) is 14.5. The molecule has 104 valence electrons. The van der Waals surface area contributed by atoms with Gasteiger partial charge in [-0.05, 0) is 37.5 Å². The van der Waals surface area contributed by atoms with Crippen molar-refractivity contribution in [1.82, 2.24) is 5.32 Å². The largest absolute Gasteiger partial charge is 0.377 e. The second kappa shape index (κ2) is 6.53. The zero-order chi connectivity index (χ0) is 13.8. The van der Waals surface area contributed by atoms with Gasteiger partial charge in [-0.3, -0.25) is 4.79 Å². The average molecular weight is 326 g/mol. The molecule has 0 radical (unpaired) electrons. The third-order valence-corrected chi connectivity index (χ3v) is 4.15.